The molecule has 0 saturated carbocycles. The summed E-state index contributed by atoms with van der Waals surface area (Å²) in [5, 5.41) is 3.07. The molecule has 0 aliphatic heterocycles. The van der Waals surface area contributed by atoms with E-state index in [1.165, 1.54) is 17.0 Å². The van der Waals surface area contributed by atoms with Crippen LogP contribution in [-0.2, 0) is 32.6 Å². The Balaban J connectivity index is 1.80. The molecule has 1 N–H and O–H groups in total. The van der Waals surface area contributed by atoms with Crippen LogP contribution in [0.3, 0.4) is 0 Å². The molecule has 0 radical (unpaired) electrons. The van der Waals surface area contributed by atoms with E-state index in [0.29, 0.717) is 18.0 Å². The van der Waals surface area contributed by atoms with Gasteiger partial charge in [-0.2, -0.15) is 0 Å². The number of rotatable bonds is 15. The summed E-state index contributed by atoms with van der Waals surface area (Å²) in [7, 11) is -4.20. The Morgan fingerprint density at radius 1 is 0.809 bits per heavy atom. The molecule has 248 valence electrons. The molecule has 0 fully saturated rings. The highest BCUT2D eigenvalue weighted by molar-refractivity contribution is 7.92. The van der Waals surface area contributed by atoms with Crippen molar-refractivity contribution in [3.05, 3.63) is 125 Å². The van der Waals surface area contributed by atoms with Crippen molar-refractivity contribution in [2.45, 2.75) is 71.0 Å². The minimum atomic E-state index is -4.20. The van der Waals surface area contributed by atoms with Gasteiger partial charge in [0, 0.05) is 19.0 Å². The number of carbonyl (C=O) groups is 2. The Morgan fingerprint density at radius 3 is 2.09 bits per heavy atom. The molecule has 0 saturated heterocycles. The number of anilines is 1. The summed E-state index contributed by atoms with van der Waals surface area (Å²) in [4.78, 5) is 30.1. The van der Waals surface area contributed by atoms with E-state index in [9.17, 15) is 18.0 Å². The van der Waals surface area contributed by atoms with Gasteiger partial charge in [-0.15, -0.1) is 0 Å². The maximum absolute atomic E-state index is 14.6. The third-order valence-electron chi connectivity index (χ3n) is 8.03. The number of ether oxygens (including phenoxy) is 1. The van der Waals surface area contributed by atoms with Gasteiger partial charge in [0.2, 0.25) is 11.8 Å². The zero-order valence-corrected chi connectivity index (χ0v) is 28.7. The molecular formula is C38H45N3O5S. The second-order valence-corrected chi connectivity index (χ2v) is 13.6. The number of amides is 2. The Bertz CT molecular complexity index is 1730. The van der Waals surface area contributed by atoms with Crippen molar-refractivity contribution in [2.75, 3.05) is 17.5 Å². The van der Waals surface area contributed by atoms with Gasteiger partial charge in [0.15, 0.2) is 0 Å². The normalized spacial score (nSPS) is 12.5. The van der Waals surface area contributed by atoms with Gasteiger partial charge < -0.3 is 15.0 Å². The lowest BCUT2D eigenvalue weighted by molar-refractivity contribution is -0.140. The molecule has 0 bridgehead atoms. The fourth-order valence-electron chi connectivity index (χ4n) is 5.24. The van der Waals surface area contributed by atoms with Crippen LogP contribution in [0.5, 0.6) is 5.75 Å². The lowest BCUT2D eigenvalue weighted by atomic mass is 10.0. The van der Waals surface area contributed by atoms with E-state index in [0.717, 1.165) is 33.0 Å². The minimum absolute atomic E-state index is 0.0231. The summed E-state index contributed by atoms with van der Waals surface area (Å²) < 4.78 is 35.2. The lowest BCUT2D eigenvalue weighted by Gasteiger charge is -2.34. The number of aryl methyl sites for hydroxylation is 2. The van der Waals surface area contributed by atoms with Gasteiger partial charge in [-0.25, -0.2) is 8.42 Å². The number of benzene rings is 4. The van der Waals surface area contributed by atoms with E-state index in [-0.39, 0.29) is 29.8 Å². The van der Waals surface area contributed by atoms with Crippen molar-refractivity contribution in [2.24, 2.45) is 0 Å². The van der Waals surface area contributed by atoms with E-state index < -0.39 is 28.5 Å². The van der Waals surface area contributed by atoms with Crippen LogP contribution in [0.25, 0.3) is 0 Å². The molecule has 0 aromatic heterocycles. The first-order valence-corrected chi connectivity index (χ1v) is 17.5. The van der Waals surface area contributed by atoms with Crippen molar-refractivity contribution in [3.8, 4) is 5.75 Å². The molecule has 4 aromatic carbocycles. The number of sulfonamides is 1. The molecule has 47 heavy (non-hydrogen) atoms. The molecule has 0 unspecified atom stereocenters. The SMILES string of the molecule is CCOc1ccc(S(=O)(=O)N(CC(=O)N(Cc2cccc(C)c2)[C@H](Cc2ccccc2)C(=O)N[C@@H](C)CC)c2ccc(C)cc2)cc1. The highest BCUT2D eigenvalue weighted by Gasteiger charge is 2.35. The van der Waals surface area contributed by atoms with Crippen molar-refractivity contribution >= 4 is 27.5 Å². The quantitative estimate of drug-likeness (QED) is 0.159. The fourth-order valence-corrected chi connectivity index (χ4v) is 6.66. The van der Waals surface area contributed by atoms with Crippen LogP contribution in [0.2, 0.25) is 0 Å². The first kappa shape index (κ1) is 35.2. The molecule has 0 heterocycles. The zero-order chi connectivity index (χ0) is 34.0. The fraction of sp³-hybridized carbons (Fsp3) is 0.316. The topological polar surface area (TPSA) is 96.0 Å². The summed E-state index contributed by atoms with van der Waals surface area (Å²) in [5.74, 6) is -0.243. The van der Waals surface area contributed by atoms with E-state index in [1.807, 2.05) is 101 Å². The monoisotopic (exact) mass is 655 g/mol. The van der Waals surface area contributed by atoms with Crippen LogP contribution in [0, 0.1) is 13.8 Å². The first-order valence-electron chi connectivity index (χ1n) is 16.0. The van der Waals surface area contributed by atoms with Gasteiger partial charge in [-0.1, -0.05) is 84.8 Å². The predicted molar refractivity (Wildman–Crippen MR) is 187 cm³/mol. The number of nitrogens with zero attached hydrogens (tertiary/aromatic N) is 2. The summed E-state index contributed by atoms with van der Waals surface area (Å²) in [6.07, 6.45) is 0.980. The lowest BCUT2D eigenvalue weighted by Crippen LogP contribution is -2.54. The first-order chi connectivity index (χ1) is 22.5. The van der Waals surface area contributed by atoms with Gasteiger partial charge in [-0.05, 0) is 81.6 Å². The van der Waals surface area contributed by atoms with Crippen LogP contribution >= 0.6 is 0 Å². The Morgan fingerprint density at radius 2 is 1.47 bits per heavy atom. The van der Waals surface area contributed by atoms with Crippen molar-refractivity contribution < 1.29 is 22.7 Å². The number of hydrogen-bond donors (Lipinski definition) is 1. The second kappa shape index (κ2) is 16.3. The summed E-state index contributed by atoms with van der Waals surface area (Å²) in [6.45, 7) is 9.70. The second-order valence-electron chi connectivity index (χ2n) is 11.8. The van der Waals surface area contributed by atoms with Gasteiger partial charge in [-0.3, -0.25) is 13.9 Å². The molecule has 8 nitrogen and oxygen atoms in total. The van der Waals surface area contributed by atoms with Crippen molar-refractivity contribution in [1.29, 1.82) is 0 Å². The van der Waals surface area contributed by atoms with Gasteiger partial charge in [0.1, 0.15) is 18.3 Å². The number of hydrogen-bond acceptors (Lipinski definition) is 5. The third-order valence-corrected chi connectivity index (χ3v) is 9.82. The average molecular weight is 656 g/mol. The van der Waals surface area contributed by atoms with Gasteiger partial charge in [0.05, 0.1) is 17.2 Å². The minimum Gasteiger partial charge on any atom is -0.494 e. The average Bonchev–Trinajstić information content (AvgIpc) is 3.06. The highest BCUT2D eigenvalue weighted by Crippen LogP contribution is 2.27. The maximum Gasteiger partial charge on any atom is 0.264 e. The van der Waals surface area contributed by atoms with E-state index in [1.54, 1.807) is 24.3 Å². The van der Waals surface area contributed by atoms with Crippen LogP contribution in [0.15, 0.2) is 108 Å². The van der Waals surface area contributed by atoms with Crippen LogP contribution < -0.4 is 14.4 Å². The summed E-state index contributed by atoms with van der Waals surface area (Å²) >= 11 is 0. The largest absolute Gasteiger partial charge is 0.494 e. The molecule has 0 spiro atoms. The van der Waals surface area contributed by atoms with Crippen LogP contribution in [-0.4, -0.2) is 50.4 Å². The molecule has 9 heteroatoms. The van der Waals surface area contributed by atoms with E-state index in [2.05, 4.69) is 5.32 Å². The Hall–Kier alpha value is -4.63. The highest BCUT2D eigenvalue weighted by atomic mass is 32.2. The van der Waals surface area contributed by atoms with Gasteiger partial charge in [0.25, 0.3) is 10.0 Å². The van der Waals surface area contributed by atoms with Crippen LogP contribution in [0.1, 0.15) is 49.4 Å². The molecule has 0 aliphatic carbocycles. The van der Waals surface area contributed by atoms with Gasteiger partial charge >= 0.3 is 0 Å². The van der Waals surface area contributed by atoms with Crippen molar-refractivity contribution in [3.63, 3.8) is 0 Å². The molecule has 2 amide bonds. The molecule has 2 atom stereocenters. The smallest absolute Gasteiger partial charge is 0.264 e. The number of nitrogens with one attached hydrogen (secondary N) is 1. The number of carbonyl (C=O) groups excluding carboxylic acids is 2. The van der Waals surface area contributed by atoms with E-state index >= 15 is 0 Å². The Kier molecular flexibility index (Phi) is 12.2. The molecular weight excluding hydrogens is 611 g/mol. The predicted octanol–water partition coefficient (Wildman–Crippen LogP) is 6.45. The van der Waals surface area contributed by atoms with E-state index in [4.69, 9.17) is 4.74 Å². The molecule has 4 rings (SSSR count). The standard InChI is InChI=1S/C38H45N3O5S/c1-6-30(5)39-38(43)36(25-31-13-9-8-10-14-31)40(26-32-15-11-12-29(4)24-32)37(42)27-41(33-18-16-28(3)17-19-33)47(44,45)35-22-20-34(21-23-35)46-7-2/h8-24,30,36H,6-7,25-27H2,1-5H3,(H,39,43)/t30-,36+/m0/s1. The zero-order valence-electron chi connectivity index (χ0n) is 27.8. The Labute approximate surface area is 279 Å². The summed E-state index contributed by atoms with van der Waals surface area (Å²) in [6, 6.07) is 29.5. The van der Waals surface area contributed by atoms with Crippen LogP contribution in [0.4, 0.5) is 5.69 Å². The summed E-state index contributed by atoms with van der Waals surface area (Å²) in [5.41, 5.74) is 4.03. The maximum atomic E-state index is 14.6. The third kappa shape index (κ3) is 9.45. The van der Waals surface area contributed by atoms with Crippen molar-refractivity contribution in [1.82, 2.24) is 10.2 Å². The molecule has 0 aliphatic rings. The molecule has 4 aromatic rings.